The molecule has 0 aromatic carbocycles. The summed E-state index contributed by atoms with van der Waals surface area (Å²) in [6, 6.07) is 0.419. The molecule has 1 N–H and O–H groups in total. The van der Waals surface area contributed by atoms with Gasteiger partial charge in [-0.15, -0.1) is 0 Å². The molecule has 4 heteroatoms. The first kappa shape index (κ1) is 13.3. The summed E-state index contributed by atoms with van der Waals surface area (Å²) in [4.78, 5) is 13.5. The Morgan fingerprint density at radius 1 is 1.38 bits per heavy atom. The third-order valence-electron chi connectivity index (χ3n) is 3.05. The number of amides is 2. The molecule has 0 spiro atoms. The van der Waals surface area contributed by atoms with Gasteiger partial charge in [-0.3, -0.25) is 0 Å². The zero-order valence-corrected chi connectivity index (χ0v) is 10.5. The Kier molecular flexibility index (Phi) is 6.23. The maximum absolute atomic E-state index is 11.8. The van der Waals surface area contributed by atoms with Crippen molar-refractivity contribution < 1.29 is 9.53 Å². The van der Waals surface area contributed by atoms with Crippen molar-refractivity contribution in [3.8, 4) is 0 Å². The van der Waals surface area contributed by atoms with Crippen LogP contribution in [-0.4, -0.2) is 43.8 Å². The number of urea groups is 1. The summed E-state index contributed by atoms with van der Waals surface area (Å²) in [5.41, 5.74) is 0. The Hall–Kier alpha value is -0.770. The number of hydrogen-bond donors (Lipinski definition) is 1. The van der Waals surface area contributed by atoms with Crippen LogP contribution in [0.2, 0.25) is 0 Å². The number of likely N-dealkylation sites (N-methyl/N-ethyl adjacent to an activating group) is 1. The average Bonchev–Trinajstić information content (AvgIpc) is 2.30. The number of rotatable bonds is 5. The average molecular weight is 228 g/mol. The van der Waals surface area contributed by atoms with Crippen molar-refractivity contribution in [3.05, 3.63) is 0 Å². The highest BCUT2D eigenvalue weighted by Crippen LogP contribution is 2.17. The normalized spacial score (nSPS) is 17.1. The minimum atomic E-state index is 0.0339. The molecule has 0 aromatic rings. The van der Waals surface area contributed by atoms with Crippen LogP contribution in [0.3, 0.4) is 0 Å². The summed E-state index contributed by atoms with van der Waals surface area (Å²) in [6.45, 7) is 3.94. The Balaban J connectivity index is 2.16. The molecule has 2 amide bonds. The molecule has 1 saturated carbocycles. The first-order chi connectivity index (χ1) is 7.74. The lowest BCUT2D eigenvalue weighted by molar-refractivity contribution is 0.124. The van der Waals surface area contributed by atoms with Gasteiger partial charge >= 0.3 is 6.03 Å². The molecular weight excluding hydrogens is 204 g/mol. The van der Waals surface area contributed by atoms with Gasteiger partial charge in [0.2, 0.25) is 0 Å². The molecule has 1 aliphatic rings. The third kappa shape index (κ3) is 4.84. The Morgan fingerprint density at radius 2 is 2.06 bits per heavy atom. The summed E-state index contributed by atoms with van der Waals surface area (Å²) in [5, 5.41) is 3.08. The van der Waals surface area contributed by atoms with Crippen molar-refractivity contribution in [1.82, 2.24) is 10.2 Å². The van der Waals surface area contributed by atoms with Gasteiger partial charge in [-0.2, -0.15) is 0 Å². The predicted octanol–water partition coefficient (Wildman–Crippen LogP) is 2.00. The predicted molar refractivity (Wildman–Crippen MR) is 64.5 cm³/mol. The molecule has 0 aliphatic heterocycles. The zero-order chi connectivity index (χ0) is 11.8. The standard InChI is InChI=1S/C12H24N2O2/c1-3-16-10-9-14(2)12(15)13-11-7-5-4-6-8-11/h11H,3-10H2,1-2H3,(H,13,15). The van der Waals surface area contributed by atoms with Crippen LogP contribution in [0.5, 0.6) is 0 Å². The van der Waals surface area contributed by atoms with Crippen molar-refractivity contribution in [1.29, 1.82) is 0 Å². The van der Waals surface area contributed by atoms with E-state index in [1.54, 1.807) is 4.90 Å². The molecule has 94 valence electrons. The quantitative estimate of drug-likeness (QED) is 0.731. The summed E-state index contributed by atoms with van der Waals surface area (Å²) in [7, 11) is 1.82. The fourth-order valence-corrected chi connectivity index (χ4v) is 1.98. The molecule has 0 saturated heterocycles. The number of nitrogens with zero attached hydrogens (tertiary/aromatic N) is 1. The molecule has 4 nitrogen and oxygen atoms in total. The lowest BCUT2D eigenvalue weighted by Gasteiger charge is -2.26. The van der Waals surface area contributed by atoms with Crippen LogP contribution in [0.15, 0.2) is 0 Å². The van der Waals surface area contributed by atoms with Crippen molar-refractivity contribution in [3.63, 3.8) is 0 Å². The second-order valence-electron chi connectivity index (χ2n) is 4.40. The lowest BCUT2D eigenvalue weighted by atomic mass is 9.96. The highest BCUT2D eigenvalue weighted by Gasteiger charge is 2.17. The number of carbonyl (C=O) groups is 1. The van der Waals surface area contributed by atoms with E-state index in [0.717, 1.165) is 12.8 Å². The van der Waals surface area contributed by atoms with Crippen molar-refractivity contribution >= 4 is 6.03 Å². The van der Waals surface area contributed by atoms with Crippen molar-refractivity contribution in [2.45, 2.75) is 45.1 Å². The van der Waals surface area contributed by atoms with E-state index in [0.29, 0.717) is 25.8 Å². The molecule has 1 aliphatic carbocycles. The molecular formula is C12H24N2O2. The van der Waals surface area contributed by atoms with Gasteiger partial charge in [-0.25, -0.2) is 4.79 Å². The largest absolute Gasteiger partial charge is 0.380 e. The molecule has 0 heterocycles. The van der Waals surface area contributed by atoms with Gasteiger partial charge in [0.25, 0.3) is 0 Å². The molecule has 0 unspecified atom stereocenters. The van der Waals surface area contributed by atoms with Gasteiger partial charge in [0, 0.05) is 26.2 Å². The molecule has 16 heavy (non-hydrogen) atoms. The van der Waals surface area contributed by atoms with Gasteiger partial charge in [-0.05, 0) is 19.8 Å². The van der Waals surface area contributed by atoms with E-state index in [4.69, 9.17) is 4.74 Å². The SMILES string of the molecule is CCOCCN(C)C(=O)NC1CCCCC1. The Bertz CT molecular complexity index is 203. The molecule has 1 fully saturated rings. The summed E-state index contributed by atoms with van der Waals surface area (Å²) >= 11 is 0. The van der Waals surface area contributed by atoms with E-state index in [9.17, 15) is 4.79 Å². The van der Waals surface area contributed by atoms with Crippen LogP contribution < -0.4 is 5.32 Å². The second kappa shape index (κ2) is 7.49. The van der Waals surface area contributed by atoms with E-state index in [-0.39, 0.29) is 6.03 Å². The molecule has 0 bridgehead atoms. The summed E-state index contributed by atoms with van der Waals surface area (Å²) < 4.78 is 5.22. The minimum absolute atomic E-state index is 0.0339. The molecule has 0 aromatic heterocycles. The summed E-state index contributed by atoms with van der Waals surface area (Å²) in [6.07, 6.45) is 6.06. The van der Waals surface area contributed by atoms with E-state index < -0.39 is 0 Å². The maximum atomic E-state index is 11.8. The fourth-order valence-electron chi connectivity index (χ4n) is 1.98. The van der Waals surface area contributed by atoms with Crippen LogP contribution >= 0.6 is 0 Å². The molecule has 0 radical (unpaired) electrons. The van der Waals surface area contributed by atoms with Crippen LogP contribution in [0.4, 0.5) is 4.79 Å². The summed E-state index contributed by atoms with van der Waals surface area (Å²) in [5.74, 6) is 0. The lowest BCUT2D eigenvalue weighted by Crippen LogP contribution is -2.44. The van der Waals surface area contributed by atoms with E-state index in [1.807, 2.05) is 14.0 Å². The highest BCUT2D eigenvalue weighted by molar-refractivity contribution is 5.74. The Morgan fingerprint density at radius 3 is 2.69 bits per heavy atom. The number of ether oxygens (including phenoxy) is 1. The van der Waals surface area contributed by atoms with Gasteiger partial charge in [0.15, 0.2) is 0 Å². The van der Waals surface area contributed by atoms with Crippen molar-refractivity contribution in [2.75, 3.05) is 26.8 Å². The Labute approximate surface area is 98.3 Å². The zero-order valence-electron chi connectivity index (χ0n) is 10.5. The topological polar surface area (TPSA) is 41.6 Å². The number of hydrogen-bond acceptors (Lipinski definition) is 2. The van der Waals surface area contributed by atoms with E-state index >= 15 is 0 Å². The molecule has 1 rings (SSSR count). The second-order valence-corrected chi connectivity index (χ2v) is 4.40. The first-order valence-electron chi connectivity index (χ1n) is 6.33. The highest BCUT2D eigenvalue weighted by atomic mass is 16.5. The van der Waals surface area contributed by atoms with Crippen LogP contribution in [0, 0.1) is 0 Å². The minimum Gasteiger partial charge on any atom is -0.380 e. The maximum Gasteiger partial charge on any atom is 0.317 e. The smallest absolute Gasteiger partial charge is 0.317 e. The van der Waals surface area contributed by atoms with E-state index in [1.165, 1.54) is 19.3 Å². The monoisotopic (exact) mass is 228 g/mol. The fraction of sp³-hybridized carbons (Fsp3) is 0.917. The van der Waals surface area contributed by atoms with Gasteiger partial charge < -0.3 is 15.0 Å². The third-order valence-corrected chi connectivity index (χ3v) is 3.05. The van der Waals surface area contributed by atoms with Crippen molar-refractivity contribution in [2.24, 2.45) is 0 Å². The first-order valence-corrected chi connectivity index (χ1v) is 6.33. The molecule has 0 atom stereocenters. The van der Waals surface area contributed by atoms with Crippen LogP contribution in [-0.2, 0) is 4.74 Å². The number of carbonyl (C=O) groups excluding carboxylic acids is 1. The van der Waals surface area contributed by atoms with E-state index in [2.05, 4.69) is 5.32 Å². The van der Waals surface area contributed by atoms with Gasteiger partial charge in [0.05, 0.1) is 6.61 Å². The number of nitrogens with one attached hydrogen (secondary N) is 1. The van der Waals surface area contributed by atoms with Gasteiger partial charge in [0.1, 0.15) is 0 Å². The van der Waals surface area contributed by atoms with Gasteiger partial charge in [-0.1, -0.05) is 19.3 Å². The van der Waals surface area contributed by atoms with Crippen LogP contribution in [0.25, 0.3) is 0 Å². The van der Waals surface area contributed by atoms with Crippen LogP contribution in [0.1, 0.15) is 39.0 Å².